The number of aromatic nitrogens is 4. The van der Waals surface area contributed by atoms with Crippen LogP contribution in [0, 0.1) is 16.7 Å². The Morgan fingerprint density at radius 2 is 1.70 bits per heavy atom. The zero-order valence-corrected chi connectivity index (χ0v) is 17.3. The molecular formula is C24H23N5O. The Hall–Kier alpha value is -3.72. The van der Waals surface area contributed by atoms with Crippen LogP contribution in [0.3, 0.4) is 0 Å². The zero-order chi connectivity index (χ0) is 21.1. The van der Waals surface area contributed by atoms with Gasteiger partial charge in [-0.25, -0.2) is 9.67 Å². The minimum atomic E-state index is 0.00124. The first-order valence-electron chi connectivity index (χ1n) is 9.84. The summed E-state index contributed by atoms with van der Waals surface area (Å²) in [7, 11) is 0. The molecule has 2 aromatic carbocycles. The fourth-order valence-corrected chi connectivity index (χ4v) is 3.23. The van der Waals surface area contributed by atoms with E-state index in [2.05, 4.69) is 72.2 Å². The summed E-state index contributed by atoms with van der Waals surface area (Å²) < 4.78 is 7.82. The van der Waals surface area contributed by atoms with Crippen molar-refractivity contribution in [1.82, 2.24) is 19.7 Å². The van der Waals surface area contributed by atoms with Gasteiger partial charge in [-0.15, -0.1) is 5.10 Å². The maximum absolute atomic E-state index is 9.15. The number of ether oxygens (including phenoxy) is 1. The molecule has 2 heterocycles. The smallest absolute Gasteiger partial charge is 0.244 e. The quantitative estimate of drug-likeness (QED) is 0.474. The molecule has 0 N–H and O–H groups in total. The Labute approximate surface area is 175 Å². The van der Waals surface area contributed by atoms with Gasteiger partial charge in [-0.05, 0) is 22.1 Å². The lowest BCUT2D eigenvalue weighted by molar-refractivity contribution is 0.281. The first-order chi connectivity index (χ1) is 14.4. The summed E-state index contributed by atoms with van der Waals surface area (Å²) in [5.74, 6) is 0.603. The minimum Gasteiger partial charge on any atom is -0.471 e. The lowest BCUT2D eigenvalue weighted by atomic mass is 9.97. The zero-order valence-electron chi connectivity index (χ0n) is 17.3. The Balaban J connectivity index is 1.57. The highest BCUT2D eigenvalue weighted by Crippen LogP contribution is 2.27. The molecule has 0 aliphatic rings. The normalized spacial score (nSPS) is 11.4. The fourth-order valence-electron chi connectivity index (χ4n) is 3.23. The van der Waals surface area contributed by atoms with Crippen LogP contribution in [0.25, 0.3) is 22.2 Å². The fraction of sp³-hybridized carbons (Fsp3) is 0.250. The van der Waals surface area contributed by atoms with Gasteiger partial charge in [0.05, 0.1) is 0 Å². The van der Waals surface area contributed by atoms with Gasteiger partial charge in [-0.1, -0.05) is 75.4 Å². The highest BCUT2D eigenvalue weighted by Gasteiger charge is 2.19. The number of nitriles is 1. The van der Waals surface area contributed by atoms with Crippen molar-refractivity contribution in [2.45, 2.75) is 33.9 Å². The highest BCUT2D eigenvalue weighted by molar-refractivity contribution is 5.80. The number of rotatable bonds is 5. The molecule has 6 nitrogen and oxygen atoms in total. The Morgan fingerprint density at radius 1 is 1.00 bits per heavy atom. The molecule has 6 heteroatoms. The van der Waals surface area contributed by atoms with E-state index < -0.39 is 0 Å². The third kappa shape index (κ3) is 4.31. The highest BCUT2D eigenvalue weighted by atomic mass is 16.5. The van der Waals surface area contributed by atoms with Gasteiger partial charge in [0.15, 0.2) is 5.65 Å². The van der Waals surface area contributed by atoms with Crippen LogP contribution in [0.15, 0.2) is 60.8 Å². The Bertz CT molecular complexity index is 1200. The first kappa shape index (κ1) is 19.6. The van der Waals surface area contributed by atoms with Crippen LogP contribution >= 0.6 is 0 Å². The molecule has 0 saturated heterocycles. The molecule has 0 fully saturated rings. The van der Waals surface area contributed by atoms with Crippen LogP contribution in [-0.4, -0.2) is 19.7 Å². The lowest BCUT2D eigenvalue weighted by Gasteiger charge is -2.17. The van der Waals surface area contributed by atoms with E-state index in [1.54, 1.807) is 10.9 Å². The van der Waals surface area contributed by atoms with E-state index in [4.69, 9.17) is 10.00 Å². The maximum Gasteiger partial charge on any atom is 0.244 e. The maximum atomic E-state index is 9.15. The topological polar surface area (TPSA) is 76.6 Å². The molecule has 30 heavy (non-hydrogen) atoms. The average molecular weight is 397 g/mol. The molecule has 4 aromatic rings. The largest absolute Gasteiger partial charge is 0.471 e. The summed E-state index contributed by atoms with van der Waals surface area (Å²) in [6.07, 6.45) is 1.61. The predicted molar refractivity (Wildman–Crippen MR) is 116 cm³/mol. The van der Waals surface area contributed by atoms with Crippen LogP contribution in [-0.2, 0) is 13.2 Å². The van der Waals surface area contributed by atoms with Crippen molar-refractivity contribution < 1.29 is 4.74 Å². The van der Waals surface area contributed by atoms with Gasteiger partial charge in [-0.2, -0.15) is 10.2 Å². The number of nitrogens with zero attached hydrogens (tertiary/aromatic N) is 5. The Morgan fingerprint density at radius 3 is 2.37 bits per heavy atom. The SMILES string of the molecule is CC(C)(C)Cn1nc(OCc2ccc(-c3ccccc3)cc2)c2cnc(C#N)nc21. The van der Waals surface area contributed by atoms with Gasteiger partial charge in [0.25, 0.3) is 0 Å². The van der Waals surface area contributed by atoms with Crippen molar-refractivity contribution in [1.29, 1.82) is 5.26 Å². The molecule has 0 atom stereocenters. The summed E-state index contributed by atoms with van der Waals surface area (Å²) in [4.78, 5) is 8.44. The van der Waals surface area contributed by atoms with Crippen molar-refractivity contribution in [3.63, 3.8) is 0 Å². The Kier molecular flexibility index (Phi) is 5.20. The van der Waals surface area contributed by atoms with Crippen LogP contribution in [0.4, 0.5) is 0 Å². The van der Waals surface area contributed by atoms with Crippen molar-refractivity contribution >= 4 is 11.0 Å². The summed E-state index contributed by atoms with van der Waals surface area (Å²) >= 11 is 0. The third-order valence-electron chi connectivity index (χ3n) is 4.62. The van der Waals surface area contributed by atoms with E-state index in [0.717, 1.165) is 11.1 Å². The molecule has 0 spiro atoms. The van der Waals surface area contributed by atoms with E-state index in [1.807, 2.05) is 24.3 Å². The predicted octanol–water partition coefficient (Wildman–Crippen LogP) is 4.99. The number of benzene rings is 2. The molecule has 2 aromatic heterocycles. The van der Waals surface area contributed by atoms with Gasteiger partial charge in [0.2, 0.25) is 11.7 Å². The van der Waals surface area contributed by atoms with E-state index >= 15 is 0 Å². The van der Waals surface area contributed by atoms with Gasteiger partial charge in [0.1, 0.15) is 18.1 Å². The van der Waals surface area contributed by atoms with Crippen LogP contribution in [0.5, 0.6) is 5.88 Å². The minimum absolute atomic E-state index is 0.00124. The molecule has 0 unspecified atom stereocenters. The second-order valence-corrected chi connectivity index (χ2v) is 8.42. The molecule has 150 valence electrons. The van der Waals surface area contributed by atoms with Gasteiger partial charge in [-0.3, -0.25) is 0 Å². The standard InChI is InChI=1S/C24H23N5O/c1-24(2,3)16-29-22-20(14-26-21(13-25)27-22)23(28-29)30-15-17-9-11-19(12-10-17)18-7-5-4-6-8-18/h4-12,14H,15-16H2,1-3H3. The number of fused-ring (bicyclic) bond motifs is 1. The van der Waals surface area contributed by atoms with E-state index in [9.17, 15) is 0 Å². The van der Waals surface area contributed by atoms with Crippen molar-refractivity contribution in [2.24, 2.45) is 5.41 Å². The first-order valence-corrected chi connectivity index (χ1v) is 9.84. The second kappa shape index (κ2) is 7.96. The van der Waals surface area contributed by atoms with Gasteiger partial charge < -0.3 is 4.74 Å². The van der Waals surface area contributed by atoms with Crippen molar-refractivity contribution in [2.75, 3.05) is 0 Å². The third-order valence-corrected chi connectivity index (χ3v) is 4.62. The van der Waals surface area contributed by atoms with E-state index in [-0.39, 0.29) is 11.2 Å². The molecular weight excluding hydrogens is 374 g/mol. The molecule has 0 aliphatic heterocycles. The summed E-state index contributed by atoms with van der Waals surface area (Å²) in [6, 6.07) is 20.5. The number of hydrogen-bond acceptors (Lipinski definition) is 5. The molecule has 0 saturated carbocycles. The van der Waals surface area contributed by atoms with Crippen molar-refractivity contribution in [3.05, 3.63) is 72.2 Å². The summed E-state index contributed by atoms with van der Waals surface area (Å²) in [5.41, 5.74) is 4.01. The van der Waals surface area contributed by atoms with Crippen LogP contribution in [0.2, 0.25) is 0 Å². The van der Waals surface area contributed by atoms with Crippen LogP contribution in [0.1, 0.15) is 32.2 Å². The molecule has 0 radical (unpaired) electrons. The van der Waals surface area contributed by atoms with Crippen LogP contribution < -0.4 is 4.74 Å². The van der Waals surface area contributed by atoms with E-state index in [0.29, 0.717) is 30.1 Å². The molecule has 0 aliphatic carbocycles. The van der Waals surface area contributed by atoms with E-state index in [1.165, 1.54) is 5.56 Å². The molecule has 0 amide bonds. The van der Waals surface area contributed by atoms with Gasteiger partial charge in [0, 0.05) is 12.7 Å². The van der Waals surface area contributed by atoms with Gasteiger partial charge >= 0.3 is 0 Å². The van der Waals surface area contributed by atoms with Crippen molar-refractivity contribution in [3.8, 4) is 23.1 Å². The summed E-state index contributed by atoms with van der Waals surface area (Å²) in [5, 5.41) is 14.5. The summed E-state index contributed by atoms with van der Waals surface area (Å²) in [6.45, 7) is 7.42. The molecule has 0 bridgehead atoms. The average Bonchev–Trinajstić information content (AvgIpc) is 3.08. The second-order valence-electron chi connectivity index (χ2n) is 8.42. The lowest BCUT2D eigenvalue weighted by Crippen LogP contribution is -2.17. The molecule has 4 rings (SSSR count). The monoisotopic (exact) mass is 397 g/mol. The number of hydrogen-bond donors (Lipinski definition) is 0.